The van der Waals surface area contributed by atoms with Gasteiger partial charge >= 0.3 is 0 Å². The summed E-state index contributed by atoms with van der Waals surface area (Å²) >= 11 is 5.80. The largest absolute Gasteiger partial charge is 0.309 e. The fraction of sp³-hybridized carbons (Fsp3) is 0.222. The Morgan fingerprint density at radius 2 is 1.95 bits per heavy atom. The second-order valence-electron chi connectivity index (χ2n) is 5.33. The van der Waals surface area contributed by atoms with E-state index in [-0.39, 0.29) is 6.04 Å². The molecule has 0 amide bonds. The van der Waals surface area contributed by atoms with E-state index in [1.165, 1.54) is 16.3 Å². The van der Waals surface area contributed by atoms with Crippen LogP contribution in [0.4, 0.5) is 0 Å². The van der Waals surface area contributed by atoms with Gasteiger partial charge in [-0.25, -0.2) is 4.98 Å². The third-order valence-electron chi connectivity index (χ3n) is 3.77. The van der Waals surface area contributed by atoms with E-state index in [9.17, 15) is 0 Å². The Hall–Kier alpha value is -1.97. The van der Waals surface area contributed by atoms with Gasteiger partial charge in [-0.15, -0.1) is 0 Å². The van der Waals surface area contributed by atoms with E-state index >= 15 is 0 Å². The Bertz CT molecular complexity index is 750. The molecular formula is C18H18ClN3. The number of halogens is 1. The Balaban J connectivity index is 1.66. The lowest BCUT2D eigenvalue weighted by molar-refractivity contribution is 0.568. The quantitative estimate of drug-likeness (QED) is 0.718. The van der Waals surface area contributed by atoms with Gasteiger partial charge in [0.1, 0.15) is 5.15 Å². The summed E-state index contributed by atoms with van der Waals surface area (Å²) in [5, 5.41) is 6.49. The molecule has 1 unspecified atom stereocenters. The molecule has 0 radical (unpaired) electrons. The molecule has 1 N–H and O–H groups in total. The van der Waals surface area contributed by atoms with Crippen molar-refractivity contribution in [2.45, 2.75) is 19.4 Å². The van der Waals surface area contributed by atoms with E-state index in [2.05, 4.69) is 46.5 Å². The van der Waals surface area contributed by atoms with Gasteiger partial charge in [0.2, 0.25) is 0 Å². The molecule has 4 heteroatoms. The molecule has 0 fully saturated rings. The average molecular weight is 312 g/mol. The summed E-state index contributed by atoms with van der Waals surface area (Å²) in [5.74, 6) is 0. The lowest BCUT2D eigenvalue weighted by Gasteiger charge is -2.15. The zero-order valence-electron chi connectivity index (χ0n) is 12.5. The molecule has 0 aliphatic rings. The van der Waals surface area contributed by atoms with Crippen molar-refractivity contribution in [3.8, 4) is 0 Å². The first kappa shape index (κ1) is 14.9. The van der Waals surface area contributed by atoms with Crippen LogP contribution in [0.15, 0.2) is 54.9 Å². The van der Waals surface area contributed by atoms with Crippen molar-refractivity contribution in [1.29, 1.82) is 0 Å². The Kier molecular flexibility index (Phi) is 4.66. The van der Waals surface area contributed by atoms with Gasteiger partial charge in [0.25, 0.3) is 0 Å². The van der Waals surface area contributed by atoms with E-state index in [0.717, 1.165) is 18.7 Å². The standard InChI is InChI=1S/C18H18ClN3/c1-13(20-10-8-14-6-7-17(19)22-12-14)18-16-5-3-2-4-15(16)9-11-21-18/h2-7,9,11-13,20H,8,10H2,1H3. The number of nitrogens with zero attached hydrogens (tertiary/aromatic N) is 2. The molecule has 2 heterocycles. The average Bonchev–Trinajstić information content (AvgIpc) is 2.56. The van der Waals surface area contributed by atoms with Gasteiger partial charge in [0.05, 0.1) is 5.69 Å². The van der Waals surface area contributed by atoms with Gasteiger partial charge in [-0.05, 0) is 43.0 Å². The predicted molar refractivity (Wildman–Crippen MR) is 91.1 cm³/mol. The summed E-state index contributed by atoms with van der Waals surface area (Å²) in [5.41, 5.74) is 2.27. The molecule has 112 valence electrons. The molecular weight excluding hydrogens is 294 g/mol. The van der Waals surface area contributed by atoms with E-state index in [0.29, 0.717) is 5.15 Å². The fourth-order valence-corrected chi connectivity index (χ4v) is 2.68. The van der Waals surface area contributed by atoms with Crippen molar-refractivity contribution in [3.63, 3.8) is 0 Å². The number of rotatable bonds is 5. The molecule has 0 saturated carbocycles. The van der Waals surface area contributed by atoms with Crippen LogP contribution in [-0.2, 0) is 6.42 Å². The highest BCUT2D eigenvalue weighted by Crippen LogP contribution is 2.21. The molecule has 0 saturated heterocycles. The zero-order chi connectivity index (χ0) is 15.4. The number of hydrogen-bond acceptors (Lipinski definition) is 3. The number of hydrogen-bond donors (Lipinski definition) is 1. The molecule has 3 aromatic rings. The SMILES string of the molecule is CC(NCCc1ccc(Cl)nc1)c1nccc2ccccc12. The predicted octanol–water partition coefficient (Wildman–Crippen LogP) is 4.18. The van der Waals surface area contributed by atoms with Crippen molar-refractivity contribution < 1.29 is 0 Å². The maximum absolute atomic E-state index is 5.80. The van der Waals surface area contributed by atoms with Crippen LogP contribution in [0.3, 0.4) is 0 Å². The van der Waals surface area contributed by atoms with Crippen LogP contribution in [0.25, 0.3) is 10.8 Å². The highest BCUT2D eigenvalue weighted by atomic mass is 35.5. The molecule has 0 spiro atoms. The van der Waals surface area contributed by atoms with Gasteiger partial charge in [-0.1, -0.05) is 41.9 Å². The van der Waals surface area contributed by atoms with Gasteiger partial charge in [-0.2, -0.15) is 0 Å². The van der Waals surface area contributed by atoms with E-state index in [4.69, 9.17) is 11.6 Å². The van der Waals surface area contributed by atoms with E-state index < -0.39 is 0 Å². The first-order valence-electron chi connectivity index (χ1n) is 7.41. The van der Waals surface area contributed by atoms with Crippen molar-refractivity contribution in [2.24, 2.45) is 0 Å². The molecule has 0 aliphatic heterocycles. The van der Waals surface area contributed by atoms with Crippen LogP contribution in [0.2, 0.25) is 5.15 Å². The van der Waals surface area contributed by atoms with Crippen molar-refractivity contribution >= 4 is 22.4 Å². The molecule has 0 aliphatic carbocycles. The molecule has 3 nitrogen and oxygen atoms in total. The number of fused-ring (bicyclic) bond motifs is 1. The van der Waals surface area contributed by atoms with Crippen LogP contribution in [0.1, 0.15) is 24.2 Å². The minimum atomic E-state index is 0.200. The topological polar surface area (TPSA) is 37.8 Å². The number of benzene rings is 1. The zero-order valence-corrected chi connectivity index (χ0v) is 13.2. The number of aromatic nitrogens is 2. The highest BCUT2D eigenvalue weighted by Gasteiger charge is 2.09. The third-order valence-corrected chi connectivity index (χ3v) is 3.99. The highest BCUT2D eigenvalue weighted by molar-refractivity contribution is 6.29. The van der Waals surface area contributed by atoms with Crippen LogP contribution in [-0.4, -0.2) is 16.5 Å². The number of nitrogens with one attached hydrogen (secondary N) is 1. The van der Waals surface area contributed by atoms with Crippen LogP contribution < -0.4 is 5.32 Å². The van der Waals surface area contributed by atoms with Crippen molar-refractivity contribution in [2.75, 3.05) is 6.54 Å². The smallest absolute Gasteiger partial charge is 0.129 e. The van der Waals surface area contributed by atoms with Crippen LogP contribution >= 0.6 is 11.6 Å². The van der Waals surface area contributed by atoms with Crippen molar-refractivity contribution in [3.05, 3.63) is 71.3 Å². The van der Waals surface area contributed by atoms with Crippen LogP contribution in [0, 0.1) is 0 Å². The minimum Gasteiger partial charge on any atom is -0.309 e. The van der Waals surface area contributed by atoms with Gasteiger partial charge in [0.15, 0.2) is 0 Å². The Morgan fingerprint density at radius 3 is 2.77 bits per heavy atom. The summed E-state index contributed by atoms with van der Waals surface area (Å²) in [6, 6.07) is 14.4. The Morgan fingerprint density at radius 1 is 1.09 bits per heavy atom. The first-order valence-corrected chi connectivity index (χ1v) is 7.79. The van der Waals surface area contributed by atoms with Gasteiger partial charge in [0, 0.05) is 23.8 Å². The molecule has 0 bridgehead atoms. The van der Waals surface area contributed by atoms with Crippen molar-refractivity contribution in [1.82, 2.24) is 15.3 Å². The maximum atomic E-state index is 5.80. The third kappa shape index (κ3) is 3.43. The summed E-state index contributed by atoms with van der Waals surface area (Å²) in [6.07, 6.45) is 4.61. The maximum Gasteiger partial charge on any atom is 0.129 e. The van der Waals surface area contributed by atoms with Gasteiger partial charge < -0.3 is 5.32 Å². The molecule has 3 rings (SSSR count). The summed E-state index contributed by atoms with van der Waals surface area (Å²) in [4.78, 5) is 8.65. The molecule has 1 aromatic carbocycles. The molecule has 2 aromatic heterocycles. The van der Waals surface area contributed by atoms with E-state index in [1.54, 1.807) is 0 Å². The number of pyridine rings is 2. The fourth-order valence-electron chi connectivity index (χ4n) is 2.57. The summed E-state index contributed by atoms with van der Waals surface area (Å²) < 4.78 is 0. The minimum absolute atomic E-state index is 0.200. The molecule has 22 heavy (non-hydrogen) atoms. The van der Waals surface area contributed by atoms with Gasteiger partial charge in [-0.3, -0.25) is 4.98 Å². The molecule has 1 atom stereocenters. The second kappa shape index (κ2) is 6.86. The lowest BCUT2D eigenvalue weighted by atomic mass is 10.1. The Labute approximate surface area is 135 Å². The first-order chi connectivity index (χ1) is 10.7. The monoisotopic (exact) mass is 311 g/mol. The summed E-state index contributed by atoms with van der Waals surface area (Å²) in [7, 11) is 0. The summed E-state index contributed by atoms with van der Waals surface area (Å²) in [6.45, 7) is 3.02. The normalized spacial score (nSPS) is 12.5. The van der Waals surface area contributed by atoms with Crippen LogP contribution in [0.5, 0.6) is 0 Å². The lowest BCUT2D eigenvalue weighted by Crippen LogP contribution is -2.22. The van der Waals surface area contributed by atoms with E-state index in [1.807, 2.05) is 30.6 Å². The second-order valence-corrected chi connectivity index (χ2v) is 5.72.